The number of nitro groups is 1. The first kappa shape index (κ1) is 28.0. The molecule has 0 saturated carbocycles. The van der Waals surface area contributed by atoms with E-state index in [9.17, 15) is 25.0 Å². The fourth-order valence-electron chi connectivity index (χ4n) is 4.62. The maximum atomic E-state index is 12.9. The van der Waals surface area contributed by atoms with Crippen molar-refractivity contribution >= 4 is 62.0 Å². The standard InChI is InChI=1S/C33H20N4O6S/c34-17-22(14-21-15-24(37(40)41)11-13-29(21)42-18-31(38)35-23-7-2-1-3-8-23)32-36-28(19-44-32)27-16-26-25-9-5-4-6-20(25)10-12-30(26)43-33(27)39/h1-16,19H,18H2,(H,35,38)/b22-14+. The number of anilines is 1. The molecule has 0 saturated heterocycles. The molecule has 0 radical (unpaired) electrons. The van der Waals surface area contributed by atoms with Crippen molar-refractivity contribution in [3.05, 3.63) is 127 Å². The van der Waals surface area contributed by atoms with Crippen LogP contribution in [0.25, 0.3) is 44.6 Å². The molecule has 6 aromatic rings. The van der Waals surface area contributed by atoms with Gasteiger partial charge >= 0.3 is 5.63 Å². The van der Waals surface area contributed by atoms with E-state index in [2.05, 4.69) is 16.4 Å². The van der Waals surface area contributed by atoms with Crippen molar-refractivity contribution in [1.29, 1.82) is 5.26 Å². The summed E-state index contributed by atoms with van der Waals surface area (Å²) in [4.78, 5) is 40.8. The van der Waals surface area contributed by atoms with Crippen LogP contribution in [0.1, 0.15) is 10.6 Å². The van der Waals surface area contributed by atoms with Gasteiger partial charge in [-0.3, -0.25) is 14.9 Å². The molecule has 2 heterocycles. The SMILES string of the molecule is N#C/C(=C\c1cc([N+](=O)[O-])ccc1OCC(=O)Nc1ccccc1)c1nc(-c2cc3c(ccc4ccccc43)oc2=O)cs1. The summed E-state index contributed by atoms with van der Waals surface area (Å²) in [6.07, 6.45) is 1.40. The molecule has 1 amide bonds. The van der Waals surface area contributed by atoms with Crippen molar-refractivity contribution < 1.29 is 18.9 Å². The number of nitro benzene ring substituents is 1. The number of allylic oxidation sites excluding steroid dienone is 1. The van der Waals surface area contributed by atoms with Crippen LogP contribution in [0.15, 0.2) is 106 Å². The third kappa shape index (κ3) is 5.78. The molecule has 0 aliphatic rings. The highest BCUT2D eigenvalue weighted by Gasteiger charge is 2.17. The van der Waals surface area contributed by atoms with Crippen LogP contribution in [0.2, 0.25) is 0 Å². The Morgan fingerprint density at radius 2 is 1.84 bits per heavy atom. The number of carbonyl (C=O) groups is 1. The minimum Gasteiger partial charge on any atom is -0.483 e. The van der Waals surface area contributed by atoms with Gasteiger partial charge in [0.05, 0.1) is 21.8 Å². The summed E-state index contributed by atoms with van der Waals surface area (Å²) in [5.74, 6) is -0.276. The van der Waals surface area contributed by atoms with E-state index in [0.717, 1.165) is 27.5 Å². The molecular formula is C33H20N4O6S. The molecule has 11 heteroatoms. The van der Waals surface area contributed by atoms with Crippen molar-refractivity contribution in [2.24, 2.45) is 0 Å². The van der Waals surface area contributed by atoms with Gasteiger partial charge in [-0.15, -0.1) is 11.3 Å². The van der Waals surface area contributed by atoms with Crippen molar-refractivity contribution in [2.75, 3.05) is 11.9 Å². The van der Waals surface area contributed by atoms with Gasteiger partial charge in [-0.25, -0.2) is 9.78 Å². The van der Waals surface area contributed by atoms with Gasteiger partial charge in [0.2, 0.25) is 0 Å². The molecule has 0 bridgehead atoms. The molecular weight excluding hydrogens is 580 g/mol. The number of para-hydroxylation sites is 1. The summed E-state index contributed by atoms with van der Waals surface area (Å²) < 4.78 is 11.3. The molecule has 0 atom stereocenters. The first-order chi connectivity index (χ1) is 21.4. The summed E-state index contributed by atoms with van der Waals surface area (Å²) in [5.41, 5.74) is 1.07. The lowest BCUT2D eigenvalue weighted by Gasteiger charge is -2.10. The number of nitriles is 1. The Kier molecular flexibility index (Phi) is 7.65. The number of rotatable bonds is 8. The topological polar surface area (TPSA) is 148 Å². The minimum absolute atomic E-state index is 0.0796. The number of fused-ring (bicyclic) bond motifs is 3. The van der Waals surface area contributed by atoms with E-state index in [1.165, 1.54) is 24.3 Å². The van der Waals surface area contributed by atoms with Gasteiger partial charge in [0.25, 0.3) is 11.6 Å². The molecule has 44 heavy (non-hydrogen) atoms. The quantitative estimate of drug-likeness (QED) is 0.0642. The summed E-state index contributed by atoms with van der Waals surface area (Å²) in [7, 11) is 0. The van der Waals surface area contributed by atoms with Crippen LogP contribution < -0.4 is 15.7 Å². The Bertz CT molecular complexity index is 2200. The van der Waals surface area contributed by atoms with E-state index in [4.69, 9.17) is 9.15 Å². The monoisotopic (exact) mass is 600 g/mol. The number of ether oxygens (including phenoxy) is 1. The maximum Gasteiger partial charge on any atom is 0.345 e. The lowest BCUT2D eigenvalue weighted by atomic mass is 10.0. The zero-order valence-electron chi connectivity index (χ0n) is 22.7. The van der Waals surface area contributed by atoms with Crippen molar-refractivity contribution in [3.8, 4) is 23.1 Å². The first-order valence-corrected chi connectivity index (χ1v) is 14.1. The number of nitrogens with one attached hydrogen (secondary N) is 1. The minimum atomic E-state index is -0.574. The summed E-state index contributed by atoms with van der Waals surface area (Å²) in [6, 6.07) is 27.8. The van der Waals surface area contributed by atoms with E-state index >= 15 is 0 Å². The van der Waals surface area contributed by atoms with Crippen LogP contribution in [-0.2, 0) is 4.79 Å². The van der Waals surface area contributed by atoms with E-state index < -0.39 is 16.5 Å². The number of nitrogens with zero attached hydrogens (tertiary/aromatic N) is 3. The van der Waals surface area contributed by atoms with Crippen molar-refractivity contribution in [3.63, 3.8) is 0 Å². The smallest absolute Gasteiger partial charge is 0.345 e. The predicted molar refractivity (Wildman–Crippen MR) is 168 cm³/mol. The maximum absolute atomic E-state index is 12.9. The Labute approximate surface area is 253 Å². The number of carbonyl (C=O) groups excluding carboxylic acids is 1. The number of thiazole rings is 1. The molecule has 10 nitrogen and oxygen atoms in total. The number of benzene rings is 4. The highest BCUT2D eigenvalue weighted by atomic mass is 32.1. The summed E-state index contributed by atoms with van der Waals surface area (Å²) in [6.45, 7) is -0.372. The number of hydrogen-bond acceptors (Lipinski definition) is 9. The molecule has 0 aliphatic heterocycles. The van der Waals surface area contributed by atoms with E-state index in [1.54, 1.807) is 41.8 Å². The first-order valence-electron chi connectivity index (χ1n) is 13.2. The zero-order chi connectivity index (χ0) is 30.6. The molecule has 0 fully saturated rings. The fraction of sp³-hybridized carbons (Fsp3) is 0.0303. The van der Waals surface area contributed by atoms with Gasteiger partial charge < -0.3 is 14.5 Å². The Morgan fingerprint density at radius 3 is 2.64 bits per heavy atom. The van der Waals surface area contributed by atoms with E-state index in [0.29, 0.717) is 17.0 Å². The molecule has 0 spiro atoms. The second kappa shape index (κ2) is 12.0. The molecule has 1 N–H and O–H groups in total. The fourth-order valence-corrected chi connectivity index (χ4v) is 5.41. The Morgan fingerprint density at radius 1 is 1.05 bits per heavy atom. The number of aromatic nitrogens is 1. The van der Waals surface area contributed by atoms with Crippen molar-refractivity contribution in [2.45, 2.75) is 0 Å². The van der Waals surface area contributed by atoms with Crippen LogP contribution in [0, 0.1) is 21.4 Å². The molecule has 2 aromatic heterocycles. The van der Waals surface area contributed by atoms with E-state index in [1.807, 2.05) is 36.4 Å². The van der Waals surface area contributed by atoms with Gasteiger partial charge in [0.1, 0.15) is 22.4 Å². The third-order valence-corrected chi connectivity index (χ3v) is 7.57. The molecule has 0 aliphatic carbocycles. The van der Waals surface area contributed by atoms with Gasteiger partial charge in [-0.1, -0.05) is 48.5 Å². The number of hydrogen-bond donors (Lipinski definition) is 1. The largest absolute Gasteiger partial charge is 0.483 e. The summed E-state index contributed by atoms with van der Waals surface area (Å²) in [5, 5.41) is 28.8. The number of non-ortho nitro benzene ring substituents is 1. The van der Waals surface area contributed by atoms with Gasteiger partial charge in [-0.05, 0) is 47.2 Å². The van der Waals surface area contributed by atoms with Crippen LogP contribution in [0.3, 0.4) is 0 Å². The molecule has 6 rings (SSSR count). The normalized spacial score (nSPS) is 11.3. The van der Waals surface area contributed by atoms with Gasteiger partial charge in [-0.2, -0.15) is 5.26 Å². The second-order valence-corrected chi connectivity index (χ2v) is 10.4. The van der Waals surface area contributed by atoms with E-state index in [-0.39, 0.29) is 39.8 Å². The lowest BCUT2D eigenvalue weighted by Crippen LogP contribution is -2.20. The molecule has 214 valence electrons. The Hall–Kier alpha value is -6.12. The highest BCUT2D eigenvalue weighted by molar-refractivity contribution is 7.11. The zero-order valence-corrected chi connectivity index (χ0v) is 23.5. The molecule has 0 unspecified atom stereocenters. The second-order valence-electron chi connectivity index (χ2n) is 9.54. The lowest BCUT2D eigenvalue weighted by molar-refractivity contribution is -0.384. The van der Waals surface area contributed by atoms with Crippen LogP contribution in [0.5, 0.6) is 5.75 Å². The number of amides is 1. The average molecular weight is 601 g/mol. The highest BCUT2D eigenvalue weighted by Crippen LogP contribution is 2.32. The van der Waals surface area contributed by atoms with Gasteiger partial charge in [0, 0.05) is 34.1 Å². The van der Waals surface area contributed by atoms with Crippen LogP contribution >= 0.6 is 11.3 Å². The summed E-state index contributed by atoms with van der Waals surface area (Å²) >= 11 is 1.13. The Balaban J connectivity index is 1.32. The average Bonchev–Trinajstić information content (AvgIpc) is 3.52. The van der Waals surface area contributed by atoms with Crippen LogP contribution in [0.4, 0.5) is 11.4 Å². The third-order valence-electron chi connectivity index (χ3n) is 6.69. The molecule has 4 aromatic carbocycles. The van der Waals surface area contributed by atoms with Gasteiger partial charge in [0.15, 0.2) is 6.61 Å². The predicted octanol–water partition coefficient (Wildman–Crippen LogP) is 7.06. The van der Waals surface area contributed by atoms with Crippen molar-refractivity contribution in [1.82, 2.24) is 4.98 Å². The van der Waals surface area contributed by atoms with Crippen LogP contribution in [-0.4, -0.2) is 22.4 Å².